The van der Waals surface area contributed by atoms with Crippen LogP contribution in [-0.2, 0) is 0 Å². The summed E-state index contributed by atoms with van der Waals surface area (Å²) in [4.78, 5) is 4.54. The van der Waals surface area contributed by atoms with Crippen LogP contribution >= 0.6 is 0 Å². The monoisotopic (exact) mass is 771 g/mol. The fourth-order valence-electron chi connectivity index (χ4n) is 7.11. The standard InChI is InChI=1S/C57H45N3/c1-43-13-33-54(34-14-43)59(52-9-5-3-6-10-52)56-37-27-47(28-38-56)22-19-45-17-20-46(21-18-45)25-31-50-32-26-49(41-51(50)42-58)24-23-48-29-39-57(40-30-48)60(53-11-7-4-8-12-53)55-35-15-44(2)16-36-55/h3-41H,1-2H3/b22-19+,24-23+,31-25+. The first-order valence-corrected chi connectivity index (χ1v) is 20.2. The van der Waals surface area contributed by atoms with Crippen molar-refractivity contribution in [3.8, 4) is 6.07 Å². The molecule has 0 saturated carbocycles. The van der Waals surface area contributed by atoms with E-state index in [1.807, 2.05) is 30.3 Å². The van der Waals surface area contributed by atoms with Crippen LogP contribution in [0.4, 0.5) is 34.1 Å². The number of aryl methyl sites for hydroxylation is 2. The molecule has 8 aromatic rings. The second kappa shape index (κ2) is 18.6. The minimum atomic E-state index is 0.636. The van der Waals surface area contributed by atoms with E-state index in [9.17, 15) is 5.26 Å². The number of hydrogen-bond donors (Lipinski definition) is 0. The maximum atomic E-state index is 10.0. The van der Waals surface area contributed by atoms with Gasteiger partial charge in [-0.2, -0.15) is 5.26 Å². The van der Waals surface area contributed by atoms with Crippen molar-refractivity contribution in [2.24, 2.45) is 0 Å². The Balaban J connectivity index is 0.904. The van der Waals surface area contributed by atoms with Crippen molar-refractivity contribution in [2.75, 3.05) is 9.80 Å². The van der Waals surface area contributed by atoms with Crippen LogP contribution in [-0.4, -0.2) is 0 Å². The normalized spacial score (nSPS) is 11.3. The lowest BCUT2D eigenvalue weighted by molar-refractivity contribution is 1.27. The molecule has 0 radical (unpaired) electrons. The maximum absolute atomic E-state index is 10.0. The Bertz CT molecular complexity index is 2770. The molecule has 0 unspecified atom stereocenters. The Hall–Kier alpha value is -7.93. The van der Waals surface area contributed by atoms with Gasteiger partial charge in [0.1, 0.15) is 0 Å². The molecule has 0 spiro atoms. The highest BCUT2D eigenvalue weighted by Gasteiger charge is 2.13. The first-order valence-electron chi connectivity index (χ1n) is 20.2. The van der Waals surface area contributed by atoms with E-state index >= 15 is 0 Å². The van der Waals surface area contributed by atoms with Gasteiger partial charge in [0.05, 0.1) is 11.6 Å². The molecule has 0 amide bonds. The van der Waals surface area contributed by atoms with Crippen LogP contribution in [0.15, 0.2) is 200 Å². The molecule has 288 valence electrons. The van der Waals surface area contributed by atoms with Crippen LogP contribution in [0.2, 0.25) is 0 Å². The number of rotatable bonds is 12. The van der Waals surface area contributed by atoms with Gasteiger partial charge in [0, 0.05) is 34.1 Å². The summed E-state index contributed by atoms with van der Waals surface area (Å²) in [5, 5.41) is 10.0. The molecule has 0 aliphatic rings. The molecule has 0 heterocycles. The second-order valence-corrected chi connectivity index (χ2v) is 14.8. The Morgan fingerprint density at radius 3 is 1.02 bits per heavy atom. The minimum Gasteiger partial charge on any atom is -0.311 e. The number of para-hydroxylation sites is 2. The van der Waals surface area contributed by atoms with Gasteiger partial charge in [0.2, 0.25) is 0 Å². The van der Waals surface area contributed by atoms with Gasteiger partial charge in [0.15, 0.2) is 0 Å². The summed E-state index contributed by atoms with van der Waals surface area (Å²) in [5.41, 5.74) is 16.0. The van der Waals surface area contributed by atoms with Crippen LogP contribution in [0, 0.1) is 25.2 Å². The average molecular weight is 772 g/mol. The zero-order valence-corrected chi connectivity index (χ0v) is 33.9. The number of hydrogen-bond acceptors (Lipinski definition) is 3. The molecule has 8 rings (SSSR count). The quantitative estimate of drug-likeness (QED) is 0.116. The van der Waals surface area contributed by atoms with Crippen LogP contribution in [0.1, 0.15) is 50.1 Å². The number of benzene rings is 8. The third-order valence-corrected chi connectivity index (χ3v) is 10.4. The fraction of sp³-hybridized carbons (Fsp3) is 0.0351. The van der Waals surface area contributed by atoms with Crippen LogP contribution < -0.4 is 9.80 Å². The Morgan fingerprint density at radius 2 is 0.633 bits per heavy atom. The smallest absolute Gasteiger partial charge is 0.0998 e. The summed E-state index contributed by atoms with van der Waals surface area (Å²) in [7, 11) is 0. The van der Waals surface area contributed by atoms with Crippen molar-refractivity contribution < 1.29 is 0 Å². The largest absolute Gasteiger partial charge is 0.311 e. The lowest BCUT2D eigenvalue weighted by Crippen LogP contribution is -2.09. The molecule has 0 atom stereocenters. The molecule has 0 aromatic heterocycles. The zero-order valence-electron chi connectivity index (χ0n) is 33.9. The molecule has 0 N–H and O–H groups in total. The molecule has 60 heavy (non-hydrogen) atoms. The van der Waals surface area contributed by atoms with Gasteiger partial charge in [-0.1, -0.05) is 169 Å². The molecule has 0 aliphatic heterocycles. The van der Waals surface area contributed by atoms with E-state index in [1.165, 1.54) is 11.1 Å². The van der Waals surface area contributed by atoms with E-state index < -0.39 is 0 Å². The van der Waals surface area contributed by atoms with E-state index in [2.05, 4.69) is 236 Å². The van der Waals surface area contributed by atoms with E-state index in [4.69, 9.17) is 0 Å². The number of nitrogens with zero attached hydrogens (tertiary/aromatic N) is 3. The van der Waals surface area contributed by atoms with Gasteiger partial charge in [-0.3, -0.25) is 0 Å². The highest BCUT2D eigenvalue weighted by Crippen LogP contribution is 2.36. The average Bonchev–Trinajstić information content (AvgIpc) is 3.30. The molecule has 0 aliphatic carbocycles. The van der Waals surface area contributed by atoms with E-state index in [0.717, 1.165) is 67.5 Å². The summed E-state index contributed by atoms with van der Waals surface area (Å²) in [5.74, 6) is 0. The molecule has 0 fully saturated rings. The summed E-state index contributed by atoms with van der Waals surface area (Å²) in [6, 6.07) is 72.2. The molecule has 3 nitrogen and oxygen atoms in total. The second-order valence-electron chi connectivity index (χ2n) is 14.8. The van der Waals surface area contributed by atoms with Crippen molar-refractivity contribution in [1.29, 1.82) is 5.26 Å². The van der Waals surface area contributed by atoms with E-state index in [-0.39, 0.29) is 0 Å². The molecular weight excluding hydrogens is 727 g/mol. The predicted molar refractivity (Wildman–Crippen MR) is 256 cm³/mol. The Kier molecular flexibility index (Phi) is 12.0. The zero-order chi connectivity index (χ0) is 41.1. The van der Waals surface area contributed by atoms with Crippen LogP contribution in [0.5, 0.6) is 0 Å². The highest BCUT2D eigenvalue weighted by atomic mass is 15.1. The molecule has 3 heteroatoms. The van der Waals surface area contributed by atoms with Crippen LogP contribution in [0.25, 0.3) is 36.5 Å². The van der Waals surface area contributed by atoms with Crippen molar-refractivity contribution >= 4 is 70.6 Å². The Morgan fingerprint density at radius 1 is 0.333 bits per heavy atom. The molecule has 8 aromatic carbocycles. The van der Waals surface area contributed by atoms with Crippen molar-refractivity contribution in [1.82, 2.24) is 0 Å². The third kappa shape index (κ3) is 9.60. The van der Waals surface area contributed by atoms with Gasteiger partial charge < -0.3 is 9.80 Å². The minimum absolute atomic E-state index is 0.636. The maximum Gasteiger partial charge on any atom is 0.0998 e. The van der Waals surface area contributed by atoms with Gasteiger partial charge in [-0.25, -0.2) is 0 Å². The summed E-state index contributed by atoms with van der Waals surface area (Å²) < 4.78 is 0. The number of nitriles is 1. The van der Waals surface area contributed by atoms with Gasteiger partial charge in [-0.05, 0) is 126 Å². The molecular formula is C57H45N3. The van der Waals surface area contributed by atoms with Crippen molar-refractivity contribution in [3.63, 3.8) is 0 Å². The SMILES string of the molecule is Cc1ccc(N(c2ccccc2)c2ccc(/C=C/c3ccc(/C=C/c4ccc(/C=C/c5ccc(N(c6ccccc6)c6ccc(C)cc6)cc5)cc4C#N)cc3)cc2)cc1. The third-order valence-electron chi connectivity index (χ3n) is 10.4. The molecule has 0 bridgehead atoms. The number of anilines is 6. The van der Waals surface area contributed by atoms with Gasteiger partial charge >= 0.3 is 0 Å². The van der Waals surface area contributed by atoms with Crippen molar-refractivity contribution in [2.45, 2.75) is 13.8 Å². The van der Waals surface area contributed by atoms with Gasteiger partial charge in [-0.15, -0.1) is 0 Å². The van der Waals surface area contributed by atoms with Crippen molar-refractivity contribution in [3.05, 3.63) is 250 Å². The molecule has 0 saturated heterocycles. The highest BCUT2D eigenvalue weighted by molar-refractivity contribution is 5.81. The predicted octanol–water partition coefficient (Wildman–Crippen LogP) is 15.6. The van der Waals surface area contributed by atoms with Crippen LogP contribution in [0.3, 0.4) is 0 Å². The lowest BCUT2D eigenvalue weighted by atomic mass is 10.0. The fourth-order valence-corrected chi connectivity index (χ4v) is 7.11. The summed E-state index contributed by atoms with van der Waals surface area (Å²) >= 11 is 0. The summed E-state index contributed by atoms with van der Waals surface area (Å²) in [6.45, 7) is 4.22. The topological polar surface area (TPSA) is 30.3 Å². The summed E-state index contributed by atoms with van der Waals surface area (Å²) in [6.07, 6.45) is 12.5. The first-order chi connectivity index (χ1) is 29.5. The van der Waals surface area contributed by atoms with E-state index in [1.54, 1.807) is 0 Å². The Labute approximate surface area is 354 Å². The lowest BCUT2D eigenvalue weighted by Gasteiger charge is -2.25. The first kappa shape index (κ1) is 38.9. The van der Waals surface area contributed by atoms with E-state index in [0.29, 0.717) is 5.56 Å². The van der Waals surface area contributed by atoms with Gasteiger partial charge in [0.25, 0.3) is 0 Å².